The Bertz CT molecular complexity index is 532. The molecule has 0 N–H and O–H groups in total. The van der Waals surface area contributed by atoms with Crippen molar-refractivity contribution in [2.45, 2.75) is 46.6 Å². The molecule has 2 rings (SSSR count). The first kappa shape index (κ1) is 13.3. The van der Waals surface area contributed by atoms with Crippen molar-refractivity contribution in [1.29, 1.82) is 0 Å². The number of rotatable bonds is 5. The summed E-state index contributed by atoms with van der Waals surface area (Å²) >= 11 is 3.60. The highest BCUT2D eigenvalue weighted by atomic mass is 79.9. The first-order valence-corrected chi connectivity index (χ1v) is 7.04. The summed E-state index contributed by atoms with van der Waals surface area (Å²) in [7, 11) is 0. The molecule has 0 saturated carbocycles. The molecule has 0 aliphatic carbocycles. The van der Waals surface area contributed by atoms with Crippen LogP contribution in [0.2, 0.25) is 0 Å². The van der Waals surface area contributed by atoms with Crippen molar-refractivity contribution in [3.8, 4) is 0 Å². The van der Waals surface area contributed by atoms with E-state index in [2.05, 4.69) is 45.0 Å². The lowest BCUT2D eigenvalue weighted by atomic mass is 10.2. The van der Waals surface area contributed by atoms with Gasteiger partial charge in [0.2, 0.25) is 5.89 Å². The highest BCUT2D eigenvalue weighted by Crippen LogP contribution is 2.23. The van der Waals surface area contributed by atoms with Crippen molar-refractivity contribution in [3.63, 3.8) is 0 Å². The van der Waals surface area contributed by atoms with Gasteiger partial charge in [0.25, 0.3) is 0 Å². The summed E-state index contributed by atoms with van der Waals surface area (Å²) in [5, 5.41) is 8.47. The summed E-state index contributed by atoms with van der Waals surface area (Å²) in [6.45, 7) is 6.75. The molecule has 2 heterocycles. The van der Waals surface area contributed by atoms with Crippen LogP contribution in [0.4, 0.5) is 0 Å². The lowest BCUT2D eigenvalue weighted by Crippen LogP contribution is -2.06. The van der Waals surface area contributed by atoms with E-state index >= 15 is 0 Å². The first-order valence-electron chi connectivity index (χ1n) is 6.25. The largest absolute Gasteiger partial charge is 0.337 e. The Hall–Kier alpha value is -1.17. The van der Waals surface area contributed by atoms with Gasteiger partial charge in [-0.15, -0.1) is 0 Å². The standard InChI is InChI=1S/C12H17BrN4O/c1-4-8-12(13)9(5-2)17(15-8)7-11-14-10(6-3)16-18-11/h4-7H2,1-3H3. The quantitative estimate of drug-likeness (QED) is 0.852. The normalized spacial score (nSPS) is 11.1. The highest BCUT2D eigenvalue weighted by molar-refractivity contribution is 9.10. The minimum Gasteiger partial charge on any atom is -0.337 e. The third-order valence-corrected chi connectivity index (χ3v) is 3.76. The van der Waals surface area contributed by atoms with Crippen molar-refractivity contribution in [3.05, 3.63) is 27.6 Å². The fourth-order valence-electron chi connectivity index (χ4n) is 1.85. The maximum atomic E-state index is 5.20. The minimum atomic E-state index is 0.536. The summed E-state index contributed by atoms with van der Waals surface area (Å²) in [6, 6.07) is 0. The second kappa shape index (κ2) is 5.65. The third-order valence-electron chi connectivity index (χ3n) is 2.84. The molecule has 0 atom stereocenters. The summed E-state index contributed by atoms with van der Waals surface area (Å²) in [4.78, 5) is 4.31. The van der Waals surface area contributed by atoms with Crippen LogP contribution in [0.15, 0.2) is 9.00 Å². The second-order valence-corrected chi connectivity index (χ2v) is 4.82. The molecule has 18 heavy (non-hydrogen) atoms. The van der Waals surface area contributed by atoms with E-state index in [0.29, 0.717) is 12.4 Å². The van der Waals surface area contributed by atoms with E-state index in [9.17, 15) is 0 Å². The number of aryl methyl sites for hydroxylation is 2. The SMILES string of the molecule is CCc1noc(Cn2nc(CC)c(Br)c2CC)n1. The number of nitrogens with zero attached hydrogens (tertiary/aromatic N) is 4. The predicted molar refractivity (Wildman–Crippen MR) is 71.5 cm³/mol. The van der Waals surface area contributed by atoms with E-state index in [1.54, 1.807) is 0 Å². The van der Waals surface area contributed by atoms with Gasteiger partial charge in [-0.3, -0.25) is 4.68 Å². The molecule has 0 radical (unpaired) electrons. The molecule has 0 aromatic carbocycles. The molecule has 0 saturated heterocycles. The fraction of sp³-hybridized carbons (Fsp3) is 0.583. The van der Waals surface area contributed by atoms with Crippen molar-refractivity contribution in [2.75, 3.05) is 0 Å². The molecule has 2 aromatic rings. The lowest BCUT2D eigenvalue weighted by Gasteiger charge is -2.02. The van der Waals surface area contributed by atoms with Crippen LogP contribution in [0.1, 0.15) is 43.9 Å². The van der Waals surface area contributed by atoms with Crippen LogP contribution in [0.5, 0.6) is 0 Å². The van der Waals surface area contributed by atoms with Gasteiger partial charge in [0.1, 0.15) is 6.54 Å². The molecule has 0 fully saturated rings. The molecule has 0 aliphatic heterocycles. The van der Waals surface area contributed by atoms with Gasteiger partial charge in [-0.2, -0.15) is 10.1 Å². The molecule has 0 amide bonds. The van der Waals surface area contributed by atoms with Gasteiger partial charge >= 0.3 is 0 Å². The Morgan fingerprint density at radius 1 is 1.17 bits per heavy atom. The van der Waals surface area contributed by atoms with E-state index in [-0.39, 0.29) is 0 Å². The number of hydrogen-bond donors (Lipinski definition) is 0. The molecular formula is C12H17BrN4O. The van der Waals surface area contributed by atoms with Crippen LogP contribution in [0.25, 0.3) is 0 Å². The fourth-order valence-corrected chi connectivity index (χ4v) is 2.70. The first-order chi connectivity index (χ1) is 8.69. The number of hydrogen-bond acceptors (Lipinski definition) is 4. The zero-order valence-corrected chi connectivity index (χ0v) is 12.5. The van der Waals surface area contributed by atoms with Crippen molar-refractivity contribution in [1.82, 2.24) is 19.9 Å². The van der Waals surface area contributed by atoms with Gasteiger partial charge in [-0.1, -0.05) is 25.9 Å². The third kappa shape index (κ3) is 2.48. The lowest BCUT2D eigenvalue weighted by molar-refractivity contribution is 0.359. The highest BCUT2D eigenvalue weighted by Gasteiger charge is 2.15. The van der Waals surface area contributed by atoms with E-state index in [1.807, 2.05) is 11.6 Å². The average molecular weight is 313 g/mol. The predicted octanol–water partition coefficient (Wildman–Crippen LogP) is 2.76. The zero-order chi connectivity index (χ0) is 13.1. The zero-order valence-electron chi connectivity index (χ0n) is 10.9. The van der Waals surface area contributed by atoms with Crippen molar-refractivity contribution < 1.29 is 4.52 Å². The Morgan fingerprint density at radius 3 is 2.50 bits per heavy atom. The smallest absolute Gasteiger partial charge is 0.248 e. The summed E-state index contributed by atoms with van der Waals surface area (Å²) < 4.78 is 8.24. The Kier molecular flexibility index (Phi) is 4.16. The van der Waals surface area contributed by atoms with Crippen LogP contribution < -0.4 is 0 Å². The Labute approximate surface area is 115 Å². The van der Waals surface area contributed by atoms with Crippen LogP contribution >= 0.6 is 15.9 Å². The van der Waals surface area contributed by atoms with E-state index in [4.69, 9.17) is 4.52 Å². The van der Waals surface area contributed by atoms with Gasteiger partial charge < -0.3 is 4.52 Å². The molecule has 2 aromatic heterocycles. The summed E-state index contributed by atoms with van der Waals surface area (Å²) in [6.07, 6.45) is 2.61. The summed E-state index contributed by atoms with van der Waals surface area (Å²) in [5.74, 6) is 1.35. The van der Waals surface area contributed by atoms with Gasteiger partial charge in [0.05, 0.1) is 15.9 Å². The Balaban J connectivity index is 2.27. The molecule has 0 aliphatic rings. The van der Waals surface area contributed by atoms with E-state index in [0.717, 1.165) is 35.3 Å². The van der Waals surface area contributed by atoms with Crippen LogP contribution in [-0.4, -0.2) is 19.9 Å². The monoisotopic (exact) mass is 312 g/mol. The second-order valence-electron chi connectivity index (χ2n) is 4.03. The number of aromatic nitrogens is 4. The van der Waals surface area contributed by atoms with Gasteiger partial charge in [-0.05, 0) is 28.8 Å². The van der Waals surface area contributed by atoms with Crippen LogP contribution in [0.3, 0.4) is 0 Å². The Morgan fingerprint density at radius 2 is 1.94 bits per heavy atom. The van der Waals surface area contributed by atoms with E-state index < -0.39 is 0 Å². The van der Waals surface area contributed by atoms with Crippen molar-refractivity contribution in [2.24, 2.45) is 0 Å². The number of halogens is 1. The maximum Gasteiger partial charge on any atom is 0.248 e. The van der Waals surface area contributed by atoms with Gasteiger partial charge in [-0.25, -0.2) is 0 Å². The molecule has 6 heteroatoms. The minimum absolute atomic E-state index is 0.536. The van der Waals surface area contributed by atoms with Gasteiger partial charge in [0.15, 0.2) is 5.82 Å². The molecular weight excluding hydrogens is 296 g/mol. The van der Waals surface area contributed by atoms with Crippen molar-refractivity contribution >= 4 is 15.9 Å². The maximum absolute atomic E-state index is 5.20. The average Bonchev–Trinajstić information content (AvgIpc) is 2.94. The van der Waals surface area contributed by atoms with E-state index in [1.165, 1.54) is 5.69 Å². The molecule has 5 nitrogen and oxygen atoms in total. The van der Waals surface area contributed by atoms with Gasteiger partial charge in [0, 0.05) is 6.42 Å². The topological polar surface area (TPSA) is 56.7 Å². The van der Waals surface area contributed by atoms with Crippen LogP contribution in [0, 0.1) is 0 Å². The molecule has 0 bridgehead atoms. The molecule has 0 spiro atoms. The summed E-state index contributed by atoms with van der Waals surface area (Å²) in [5.41, 5.74) is 2.24. The molecule has 0 unspecified atom stereocenters. The molecule has 98 valence electrons. The van der Waals surface area contributed by atoms with Crippen LogP contribution in [-0.2, 0) is 25.8 Å².